The standard InChI is InChI=1S/C18H18BrNO3/c1-13(20(22)14(2)21)6-7-15-4-3-5-18(12-15)23-17-10-8-16(19)9-11-17/h3-13,22H,1-2H3. The van der Waals surface area contributed by atoms with Crippen molar-refractivity contribution in [2.24, 2.45) is 0 Å². The predicted octanol–water partition coefficient (Wildman–Crippen LogP) is 4.88. The molecular weight excluding hydrogens is 358 g/mol. The molecule has 0 saturated heterocycles. The Kier molecular flexibility index (Phi) is 5.96. The minimum Gasteiger partial charge on any atom is -0.457 e. The minimum atomic E-state index is -0.399. The Bertz CT molecular complexity index is 698. The molecule has 0 saturated carbocycles. The number of amides is 1. The summed E-state index contributed by atoms with van der Waals surface area (Å²) in [6.45, 7) is 3.05. The molecule has 2 rings (SSSR count). The molecule has 1 unspecified atom stereocenters. The number of hydrogen-bond acceptors (Lipinski definition) is 3. The largest absolute Gasteiger partial charge is 0.457 e. The summed E-state index contributed by atoms with van der Waals surface area (Å²) in [5, 5.41) is 10.2. The number of halogens is 1. The van der Waals surface area contributed by atoms with Crippen LogP contribution in [0.1, 0.15) is 19.4 Å². The third kappa shape index (κ3) is 5.23. The molecule has 120 valence electrons. The van der Waals surface area contributed by atoms with Crippen LogP contribution in [0.5, 0.6) is 11.5 Å². The van der Waals surface area contributed by atoms with Gasteiger partial charge < -0.3 is 4.74 Å². The first-order chi connectivity index (χ1) is 11.0. The molecule has 1 amide bonds. The Balaban J connectivity index is 2.07. The normalized spacial score (nSPS) is 12.2. The van der Waals surface area contributed by atoms with Gasteiger partial charge in [-0.2, -0.15) is 0 Å². The topological polar surface area (TPSA) is 49.8 Å². The van der Waals surface area contributed by atoms with Gasteiger partial charge in [-0.05, 0) is 48.9 Å². The van der Waals surface area contributed by atoms with E-state index in [1.807, 2.05) is 54.6 Å². The molecule has 5 heteroatoms. The van der Waals surface area contributed by atoms with Gasteiger partial charge in [0.15, 0.2) is 0 Å². The molecule has 2 aromatic rings. The monoisotopic (exact) mass is 375 g/mol. The molecule has 2 aromatic carbocycles. The van der Waals surface area contributed by atoms with Crippen LogP contribution in [0.25, 0.3) is 6.08 Å². The highest BCUT2D eigenvalue weighted by Crippen LogP contribution is 2.24. The predicted molar refractivity (Wildman–Crippen MR) is 93.5 cm³/mol. The summed E-state index contributed by atoms with van der Waals surface area (Å²) >= 11 is 3.39. The maximum absolute atomic E-state index is 11.1. The second-order valence-corrected chi connectivity index (χ2v) is 6.01. The van der Waals surface area contributed by atoms with Crippen LogP contribution in [0.15, 0.2) is 59.1 Å². The van der Waals surface area contributed by atoms with E-state index >= 15 is 0 Å². The van der Waals surface area contributed by atoms with Crippen molar-refractivity contribution in [3.8, 4) is 11.5 Å². The van der Waals surface area contributed by atoms with E-state index in [0.717, 1.165) is 21.5 Å². The summed E-state index contributed by atoms with van der Waals surface area (Å²) in [6, 6.07) is 14.8. The minimum absolute atomic E-state index is 0.394. The fraction of sp³-hybridized carbons (Fsp3) is 0.167. The fourth-order valence-electron chi connectivity index (χ4n) is 1.94. The quantitative estimate of drug-likeness (QED) is 0.598. The number of hydrogen-bond donors (Lipinski definition) is 1. The van der Waals surface area contributed by atoms with Crippen molar-refractivity contribution in [3.05, 3.63) is 64.6 Å². The number of benzene rings is 2. The third-order valence-corrected chi connectivity index (χ3v) is 3.71. The van der Waals surface area contributed by atoms with E-state index in [9.17, 15) is 10.0 Å². The van der Waals surface area contributed by atoms with Crippen molar-refractivity contribution in [1.29, 1.82) is 0 Å². The van der Waals surface area contributed by atoms with E-state index in [-0.39, 0.29) is 0 Å². The molecule has 0 heterocycles. The Morgan fingerprint density at radius 3 is 2.57 bits per heavy atom. The van der Waals surface area contributed by atoms with Crippen LogP contribution in [0.3, 0.4) is 0 Å². The second kappa shape index (κ2) is 7.94. The van der Waals surface area contributed by atoms with Crippen LogP contribution in [-0.2, 0) is 4.79 Å². The van der Waals surface area contributed by atoms with E-state index in [0.29, 0.717) is 5.06 Å². The van der Waals surface area contributed by atoms with Gasteiger partial charge in [0.1, 0.15) is 11.5 Å². The first kappa shape index (κ1) is 17.2. The van der Waals surface area contributed by atoms with Crippen molar-refractivity contribution in [2.45, 2.75) is 19.9 Å². The van der Waals surface area contributed by atoms with Crippen LogP contribution >= 0.6 is 15.9 Å². The zero-order valence-electron chi connectivity index (χ0n) is 12.9. The lowest BCUT2D eigenvalue weighted by molar-refractivity contribution is -0.167. The molecule has 0 aliphatic carbocycles. The molecule has 0 fully saturated rings. The molecule has 0 aromatic heterocycles. The number of carbonyl (C=O) groups excluding carboxylic acids is 1. The lowest BCUT2D eigenvalue weighted by atomic mass is 10.1. The summed E-state index contributed by atoms with van der Waals surface area (Å²) in [5.74, 6) is 1.07. The van der Waals surface area contributed by atoms with Crippen molar-refractivity contribution in [3.63, 3.8) is 0 Å². The zero-order valence-corrected chi connectivity index (χ0v) is 14.5. The maximum Gasteiger partial charge on any atom is 0.243 e. The maximum atomic E-state index is 11.1. The van der Waals surface area contributed by atoms with Crippen LogP contribution in [0.2, 0.25) is 0 Å². The molecule has 1 N–H and O–H groups in total. The van der Waals surface area contributed by atoms with Gasteiger partial charge >= 0.3 is 0 Å². The highest BCUT2D eigenvalue weighted by atomic mass is 79.9. The van der Waals surface area contributed by atoms with Gasteiger partial charge in [0.05, 0.1) is 6.04 Å². The highest BCUT2D eigenvalue weighted by molar-refractivity contribution is 9.10. The van der Waals surface area contributed by atoms with Gasteiger partial charge in [0.25, 0.3) is 0 Å². The van der Waals surface area contributed by atoms with Crippen molar-refractivity contribution >= 4 is 27.9 Å². The molecule has 0 spiro atoms. The average Bonchev–Trinajstić information content (AvgIpc) is 2.54. The first-order valence-electron chi connectivity index (χ1n) is 7.16. The van der Waals surface area contributed by atoms with Gasteiger partial charge in [-0.25, -0.2) is 5.06 Å². The number of carbonyl (C=O) groups is 1. The van der Waals surface area contributed by atoms with E-state index in [2.05, 4.69) is 15.9 Å². The SMILES string of the molecule is CC(=O)N(O)C(C)C=Cc1cccc(Oc2ccc(Br)cc2)c1. The summed E-state index contributed by atoms with van der Waals surface area (Å²) < 4.78 is 6.79. The molecule has 0 bridgehead atoms. The van der Waals surface area contributed by atoms with Gasteiger partial charge in [-0.3, -0.25) is 10.0 Å². The van der Waals surface area contributed by atoms with Crippen LogP contribution < -0.4 is 4.74 Å². The molecule has 23 heavy (non-hydrogen) atoms. The van der Waals surface area contributed by atoms with Crippen molar-refractivity contribution < 1.29 is 14.7 Å². The Labute approximate surface area is 144 Å². The van der Waals surface area contributed by atoms with E-state index < -0.39 is 11.9 Å². The van der Waals surface area contributed by atoms with Gasteiger partial charge in [-0.15, -0.1) is 0 Å². The average molecular weight is 376 g/mol. The van der Waals surface area contributed by atoms with Crippen LogP contribution in [-0.4, -0.2) is 22.2 Å². The van der Waals surface area contributed by atoms with Crippen LogP contribution in [0.4, 0.5) is 0 Å². The fourth-order valence-corrected chi connectivity index (χ4v) is 2.20. The lowest BCUT2D eigenvalue weighted by Gasteiger charge is -2.17. The number of hydroxylamine groups is 2. The zero-order chi connectivity index (χ0) is 16.8. The Morgan fingerprint density at radius 1 is 1.22 bits per heavy atom. The summed E-state index contributed by atoms with van der Waals surface area (Å²) in [6.07, 6.45) is 3.59. The van der Waals surface area contributed by atoms with Crippen molar-refractivity contribution in [2.75, 3.05) is 0 Å². The molecule has 0 aliphatic rings. The van der Waals surface area contributed by atoms with E-state index in [1.54, 1.807) is 13.0 Å². The number of ether oxygens (including phenoxy) is 1. The molecule has 1 atom stereocenters. The van der Waals surface area contributed by atoms with E-state index in [1.165, 1.54) is 6.92 Å². The van der Waals surface area contributed by atoms with Crippen LogP contribution in [0, 0.1) is 0 Å². The summed E-state index contributed by atoms with van der Waals surface area (Å²) in [5.41, 5.74) is 0.920. The molecule has 0 radical (unpaired) electrons. The summed E-state index contributed by atoms with van der Waals surface area (Å²) in [4.78, 5) is 11.1. The van der Waals surface area contributed by atoms with Gasteiger partial charge in [-0.1, -0.05) is 40.2 Å². The van der Waals surface area contributed by atoms with E-state index in [4.69, 9.17) is 4.74 Å². The van der Waals surface area contributed by atoms with Gasteiger partial charge in [0, 0.05) is 11.4 Å². The highest BCUT2D eigenvalue weighted by Gasteiger charge is 2.10. The molecule has 4 nitrogen and oxygen atoms in total. The number of nitrogens with zero attached hydrogens (tertiary/aromatic N) is 1. The molecule has 0 aliphatic heterocycles. The summed E-state index contributed by atoms with van der Waals surface area (Å²) in [7, 11) is 0. The molecular formula is C18H18BrNO3. The third-order valence-electron chi connectivity index (χ3n) is 3.18. The Morgan fingerprint density at radius 2 is 1.91 bits per heavy atom. The second-order valence-electron chi connectivity index (χ2n) is 5.09. The first-order valence-corrected chi connectivity index (χ1v) is 7.95. The Hall–Kier alpha value is -2.11. The number of rotatable bonds is 5. The smallest absolute Gasteiger partial charge is 0.243 e. The van der Waals surface area contributed by atoms with Gasteiger partial charge in [0.2, 0.25) is 5.91 Å². The van der Waals surface area contributed by atoms with Crippen molar-refractivity contribution in [1.82, 2.24) is 5.06 Å². The lowest BCUT2D eigenvalue weighted by Crippen LogP contribution is -2.32.